The summed E-state index contributed by atoms with van der Waals surface area (Å²) in [5.41, 5.74) is 5.47. The molecule has 0 aromatic heterocycles. The van der Waals surface area contributed by atoms with E-state index in [-0.39, 0.29) is 18.4 Å². The highest BCUT2D eigenvalue weighted by Gasteiger charge is 2.08. The first-order valence-electron chi connectivity index (χ1n) is 5.56. The number of halogens is 2. The summed E-state index contributed by atoms with van der Waals surface area (Å²) in [6.07, 6.45) is 0. The molecule has 0 atom stereocenters. The van der Waals surface area contributed by atoms with E-state index in [0.717, 1.165) is 5.56 Å². The van der Waals surface area contributed by atoms with Crippen LogP contribution in [0.3, 0.4) is 0 Å². The van der Waals surface area contributed by atoms with E-state index < -0.39 is 0 Å². The van der Waals surface area contributed by atoms with Gasteiger partial charge in [-0.2, -0.15) is 0 Å². The Morgan fingerprint density at radius 3 is 2.47 bits per heavy atom. The lowest BCUT2D eigenvalue weighted by Crippen LogP contribution is -2.44. The van der Waals surface area contributed by atoms with Crippen molar-refractivity contribution in [3.63, 3.8) is 0 Å². The molecule has 104 valence electrons. The summed E-state index contributed by atoms with van der Waals surface area (Å²) >= 11 is 11.7. The lowest BCUT2D eigenvalue weighted by atomic mass is 10.2. The summed E-state index contributed by atoms with van der Waals surface area (Å²) < 4.78 is 0. The van der Waals surface area contributed by atoms with Crippen LogP contribution in [0.25, 0.3) is 0 Å². The van der Waals surface area contributed by atoms with Gasteiger partial charge in [-0.25, -0.2) is 0 Å². The molecule has 0 aliphatic heterocycles. The number of rotatable bonds is 4. The number of benzene rings is 1. The molecule has 2 N–H and O–H groups in total. The standard InChI is InChI=1S/C12H15Cl2N3O2/c1-8(18)15-16-12(19)7-17(2)6-9-3-4-10(13)11(14)5-9/h3-5H,6-7H2,1-2H3,(H,15,18)(H,16,19). The Kier molecular flexibility index (Phi) is 6.08. The molecule has 0 aliphatic rings. The van der Waals surface area contributed by atoms with Crippen LogP contribution >= 0.6 is 23.2 Å². The number of amides is 2. The Bertz CT molecular complexity index is 480. The van der Waals surface area contributed by atoms with Gasteiger partial charge in [-0.15, -0.1) is 0 Å². The maximum Gasteiger partial charge on any atom is 0.252 e. The average molecular weight is 304 g/mol. The zero-order valence-electron chi connectivity index (χ0n) is 10.7. The predicted octanol–water partition coefficient (Wildman–Crippen LogP) is 1.59. The Labute approximate surface area is 121 Å². The van der Waals surface area contributed by atoms with Crippen LogP contribution in [0, 0.1) is 0 Å². The summed E-state index contributed by atoms with van der Waals surface area (Å²) in [6, 6.07) is 5.31. The molecule has 0 bridgehead atoms. The molecule has 1 aromatic rings. The van der Waals surface area contributed by atoms with Crippen LogP contribution in [-0.4, -0.2) is 30.3 Å². The smallest absolute Gasteiger partial charge is 0.252 e. The molecule has 2 amide bonds. The summed E-state index contributed by atoms with van der Waals surface area (Å²) in [5.74, 6) is -0.613. The molecule has 5 nitrogen and oxygen atoms in total. The van der Waals surface area contributed by atoms with Crippen molar-refractivity contribution in [2.24, 2.45) is 0 Å². The fourth-order valence-electron chi connectivity index (χ4n) is 1.45. The monoisotopic (exact) mass is 303 g/mol. The summed E-state index contributed by atoms with van der Waals surface area (Å²) in [6.45, 7) is 2.02. The third-order valence-corrected chi connectivity index (χ3v) is 2.97. The molecule has 0 unspecified atom stereocenters. The first kappa shape index (κ1) is 15.8. The second-order valence-corrected chi connectivity index (χ2v) is 4.96. The van der Waals surface area contributed by atoms with Gasteiger partial charge in [0.25, 0.3) is 5.91 Å². The van der Waals surface area contributed by atoms with Crippen molar-refractivity contribution in [2.45, 2.75) is 13.5 Å². The molecule has 1 rings (SSSR count). The molecule has 0 aliphatic carbocycles. The number of nitrogens with zero attached hydrogens (tertiary/aromatic N) is 1. The van der Waals surface area contributed by atoms with E-state index in [0.29, 0.717) is 16.6 Å². The highest BCUT2D eigenvalue weighted by molar-refractivity contribution is 6.42. The molecule has 0 fully saturated rings. The number of carbonyl (C=O) groups is 2. The first-order chi connectivity index (χ1) is 8.88. The fraction of sp³-hybridized carbons (Fsp3) is 0.333. The minimum atomic E-state index is -0.319. The number of hydrogen-bond acceptors (Lipinski definition) is 3. The minimum Gasteiger partial charge on any atom is -0.293 e. The molecule has 7 heteroatoms. The summed E-state index contributed by atoms with van der Waals surface area (Å²) in [4.78, 5) is 23.9. The first-order valence-corrected chi connectivity index (χ1v) is 6.32. The zero-order valence-corrected chi connectivity index (χ0v) is 12.2. The van der Waals surface area contributed by atoms with E-state index in [1.165, 1.54) is 6.92 Å². The van der Waals surface area contributed by atoms with E-state index in [1.807, 2.05) is 6.07 Å². The molecule has 1 aromatic carbocycles. The van der Waals surface area contributed by atoms with Crippen molar-refractivity contribution in [3.05, 3.63) is 33.8 Å². The normalized spacial score (nSPS) is 10.4. The van der Waals surface area contributed by atoms with E-state index in [2.05, 4.69) is 10.9 Å². The summed E-state index contributed by atoms with van der Waals surface area (Å²) in [7, 11) is 1.79. The van der Waals surface area contributed by atoms with Crippen molar-refractivity contribution in [2.75, 3.05) is 13.6 Å². The van der Waals surface area contributed by atoms with Gasteiger partial charge in [-0.05, 0) is 24.7 Å². The largest absolute Gasteiger partial charge is 0.293 e. The van der Waals surface area contributed by atoms with Gasteiger partial charge < -0.3 is 0 Å². The van der Waals surface area contributed by atoms with E-state index in [4.69, 9.17) is 23.2 Å². The summed E-state index contributed by atoms with van der Waals surface area (Å²) in [5, 5.41) is 0.978. The third-order valence-electron chi connectivity index (χ3n) is 2.23. The maximum atomic E-state index is 11.5. The zero-order chi connectivity index (χ0) is 14.4. The number of nitrogens with one attached hydrogen (secondary N) is 2. The number of hydrogen-bond donors (Lipinski definition) is 2. The number of hydrazine groups is 1. The van der Waals surface area contributed by atoms with Gasteiger partial charge in [0.1, 0.15) is 0 Å². The molecule has 0 saturated heterocycles. The third kappa shape index (κ3) is 5.92. The van der Waals surface area contributed by atoms with Crippen molar-refractivity contribution in [1.82, 2.24) is 15.8 Å². The molecular weight excluding hydrogens is 289 g/mol. The van der Waals surface area contributed by atoms with Gasteiger partial charge >= 0.3 is 0 Å². The van der Waals surface area contributed by atoms with Gasteiger partial charge in [-0.1, -0.05) is 29.3 Å². The van der Waals surface area contributed by atoms with Crippen molar-refractivity contribution < 1.29 is 9.59 Å². The Morgan fingerprint density at radius 2 is 1.89 bits per heavy atom. The van der Waals surface area contributed by atoms with Crippen LogP contribution in [-0.2, 0) is 16.1 Å². The van der Waals surface area contributed by atoms with Crippen molar-refractivity contribution in [1.29, 1.82) is 0 Å². The number of carbonyl (C=O) groups excluding carboxylic acids is 2. The quantitative estimate of drug-likeness (QED) is 0.831. The highest BCUT2D eigenvalue weighted by Crippen LogP contribution is 2.22. The molecule has 0 saturated carbocycles. The van der Waals surface area contributed by atoms with Crippen LogP contribution in [0.15, 0.2) is 18.2 Å². The topological polar surface area (TPSA) is 61.4 Å². The fourth-order valence-corrected chi connectivity index (χ4v) is 1.77. The maximum absolute atomic E-state index is 11.5. The van der Waals surface area contributed by atoms with E-state index in [9.17, 15) is 9.59 Å². The Balaban J connectivity index is 2.46. The Morgan fingerprint density at radius 1 is 1.21 bits per heavy atom. The Hall–Kier alpha value is -1.30. The molecule has 0 spiro atoms. The van der Waals surface area contributed by atoms with Gasteiger partial charge in [0.2, 0.25) is 5.91 Å². The average Bonchev–Trinajstić information content (AvgIpc) is 2.31. The van der Waals surface area contributed by atoms with Gasteiger partial charge in [0.05, 0.1) is 16.6 Å². The van der Waals surface area contributed by atoms with Crippen LogP contribution in [0.4, 0.5) is 0 Å². The second-order valence-electron chi connectivity index (χ2n) is 4.15. The van der Waals surface area contributed by atoms with Gasteiger partial charge in [0, 0.05) is 13.5 Å². The lowest BCUT2D eigenvalue weighted by molar-refractivity contribution is -0.128. The van der Waals surface area contributed by atoms with Crippen molar-refractivity contribution in [3.8, 4) is 0 Å². The molecule has 0 heterocycles. The predicted molar refractivity (Wildman–Crippen MR) is 74.8 cm³/mol. The molecule has 0 radical (unpaired) electrons. The van der Waals surface area contributed by atoms with Crippen LogP contribution in [0.2, 0.25) is 10.0 Å². The van der Waals surface area contributed by atoms with Crippen LogP contribution in [0.1, 0.15) is 12.5 Å². The van der Waals surface area contributed by atoms with Gasteiger partial charge in [0.15, 0.2) is 0 Å². The SMILES string of the molecule is CC(=O)NNC(=O)CN(C)Cc1ccc(Cl)c(Cl)c1. The van der Waals surface area contributed by atoms with E-state index >= 15 is 0 Å². The minimum absolute atomic E-state index is 0.153. The lowest BCUT2D eigenvalue weighted by Gasteiger charge is -2.16. The van der Waals surface area contributed by atoms with E-state index in [1.54, 1.807) is 24.1 Å². The van der Waals surface area contributed by atoms with Gasteiger partial charge in [-0.3, -0.25) is 25.3 Å². The van der Waals surface area contributed by atoms with Crippen LogP contribution < -0.4 is 10.9 Å². The molecule has 19 heavy (non-hydrogen) atoms. The van der Waals surface area contributed by atoms with Crippen molar-refractivity contribution >= 4 is 35.0 Å². The molecular formula is C12H15Cl2N3O2. The van der Waals surface area contributed by atoms with Crippen LogP contribution in [0.5, 0.6) is 0 Å². The number of likely N-dealkylation sites (N-methyl/N-ethyl adjacent to an activating group) is 1. The second kappa shape index (κ2) is 7.33. The highest BCUT2D eigenvalue weighted by atomic mass is 35.5.